The van der Waals surface area contributed by atoms with Crippen LogP contribution < -0.4 is 0 Å². The zero-order chi connectivity index (χ0) is 17.3. The van der Waals surface area contributed by atoms with Crippen molar-refractivity contribution in [2.24, 2.45) is 0 Å². The van der Waals surface area contributed by atoms with Crippen molar-refractivity contribution in [2.45, 2.75) is 20.3 Å². The van der Waals surface area contributed by atoms with Gasteiger partial charge in [0.1, 0.15) is 0 Å². The lowest BCUT2D eigenvalue weighted by Crippen LogP contribution is -2.33. The Kier molecular flexibility index (Phi) is 4.21. The summed E-state index contributed by atoms with van der Waals surface area (Å²) in [7, 11) is 0. The van der Waals surface area contributed by atoms with Crippen LogP contribution >= 0.6 is 0 Å². The lowest BCUT2D eigenvalue weighted by molar-refractivity contribution is -0.138. The van der Waals surface area contributed by atoms with Crippen molar-refractivity contribution in [2.75, 3.05) is 6.54 Å². The standard InChI is InChI=1S/C20H19NO3/c1-13-8-9-16(12-14(13)2)17-18(22)20(24)21(19(17)23)11-10-15-6-4-3-5-7-15/h3-9,12,22H,10-11H2,1-2H3. The summed E-state index contributed by atoms with van der Waals surface area (Å²) in [5, 5.41) is 10.2. The summed E-state index contributed by atoms with van der Waals surface area (Å²) >= 11 is 0. The van der Waals surface area contributed by atoms with Crippen molar-refractivity contribution in [3.8, 4) is 0 Å². The van der Waals surface area contributed by atoms with Crippen LogP contribution in [0.5, 0.6) is 0 Å². The van der Waals surface area contributed by atoms with E-state index >= 15 is 0 Å². The first-order chi connectivity index (χ1) is 11.5. The minimum Gasteiger partial charge on any atom is -0.502 e. The molecule has 3 rings (SSSR count). The summed E-state index contributed by atoms with van der Waals surface area (Å²) in [6, 6.07) is 15.1. The molecule has 0 aromatic heterocycles. The molecule has 4 nitrogen and oxygen atoms in total. The van der Waals surface area contributed by atoms with Gasteiger partial charge in [0.15, 0.2) is 5.76 Å². The third-order valence-corrected chi connectivity index (χ3v) is 4.41. The number of nitrogens with zero attached hydrogens (tertiary/aromatic N) is 1. The van der Waals surface area contributed by atoms with Gasteiger partial charge in [0.2, 0.25) is 0 Å². The van der Waals surface area contributed by atoms with E-state index in [0.717, 1.165) is 21.6 Å². The molecule has 1 heterocycles. The van der Waals surface area contributed by atoms with Crippen LogP contribution in [0.4, 0.5) is 0 Å². The summed E-state index contributed by atoms with van der Waals surface area (Å²) < 4.78 is 0. The molecule has 2 amide bonds. The minimum absolute atomic E-state index is 0.0937. The van der Waals surface area contributed by atoms with Crippen molar-refractivity contribution in [3.63, 3.8) is 0 Å². The van der Waals surface area contributed by atoms with Crippen molar-refractivity contribution >= 4 is 17.4 Å². The van der Waals surface area contributed by atoms with E-state index in [1.165, 1.54) is 0 Å². The second-order valence-electron chi connectivity index (χ2n) is 6.02. The van der Waals surface area contributed by atoms with E-state index in [0.29, 0.717) is 12.0 Å². The molecule has 0 spiro atoms. The van der Waals surface area contributed by atoms with E-state index in [9.17, 15) is 14.7 Å². The number of aliphatic hydroxyl groups excluding tert-OH is 1. The van der Waals surface area contributed by atoms with Crippen LogP contribution in [0.1, 0.15) is 22.3 Å². The molecule has 0 aliphatic carbocycles. The van der Waals surface area contributed by atoms with Gasteiger partial charge in [0.25, 0.3) is 11.8 Å². The molecule has 1 N–H and O–H groups in total. The minimum atomic E-state index is -0.621. The lowest BCUT2D eigenvalue weighted by Gasteiger charge is -2.14. The zero-order valence-electron chi connectivity index (χ0n) is 13.7. The second-order valence-corrected chi connectivity index (χ2v) is 6.02. The highest BCUT2D eigenvalue weighted by Gasteiger charge is 2.38. The molecule has 0 unspecified atom stereocenters. The molecule has 0 bridgehead atoms. The molecular weight excluding hydrogens is 302 g/mol. The van der Waals surface area contributed by atoms with E-state index in [-0.39, 0.29) is 12.1 Å². The Labute approximate surface area is 141 Å². The number of aliphatic hydroxyl groups is 1. The van der Waals surface area contributed by atoms with E-state index in [1.54, 1.807) is 6.07 Å². The summed E-state index contributed by atoms with van der Waals surface area (Å²) in [6.07, 6.45) is 0.561. The number of rotatable bonds is 4. The highest BCUT2D eigenvalue weighted by Crippen LogP contribution is 2.29. The zero-order valence-corrected chi connectivity index (χ0v) is 13.7. The van der Waals surface area contributed by atoms with Crippen molar-refractivity contribution in [3.05, 3.63) is 76.5 Å². The number of hydrogen-bond donors (Lipinski definition) is 1. The van der Waals surface area contributed by atoms with E-state index in [4.69, 9.17) is 0 Å². The van der Waals surface area contributed by atoms with Crippen LogP contribution in [0.25, 0.3) is 5.57 Å². The molecule has 4 heteroatoms. The van der Waals surface area contributed by atoms with Gasteiger partial charge in [-0.25, -0.2) is 0 Å². The molecule has 0 atom stereocenters. The normalized spacial score (nSPS) is 14.7. The molecule has 2 aromatic carbocycles. The maximum Gasteiger partial charge on any atom is 0.296 e. The molecular formula is C20H19NO3. The van der Waals surface area contributed by atoms with Crippen LogP contribution in [0, 0.1) is 13.8 Å². The van der Waals surface area contributed by atoms with Crippen LogP contribution in [0.3, 0.4) is 0 Å². The quantitative estimate of drug-likeness (QED) is 0.880. The summed E-state index contributed by atoms with van der Waals surface area (Å²) in [4.78, 5) is 26.0. The predicted molar refractivity (Wildman–Crippen MR) is 92.3 cm³/mol. The molecule has 0 saturated heterocycles. The van der Waals surface area contributed by atoms with Gasteiger partial charge in [-0.3, -0.25) is 14.5 Å². The van der Waals surface area contributed by atoms with Gasteiger partial charge in [-0.05, 0) is 42.5 Å². The topological polar surface area (TPSA) is 57.6 Å². The number of imide groups is 1. The monoisotopic (exact) mass is 321 g/mol. The average molecular weight is 321 g/mol. The molecule has 1 aliphatic rings. The molecule has 0 saturated carbocycles. The smallest absolute Gasteiger partial charge is 0.296 e. The van der Waals surface area contributed by atoms with Crippen LogP contribution in [-0.4, -0.2) is 28.4 Å². The largest absolute Gasteiger partial charge is 0.502 e. The molecule has 2 aromatic rings. The SMILES string of the molecule is Cc1ccc(C2=C(O)C(=O)N(CCc3ccccc3)C2=O)cc1C. The van der Waals surface area contributed by atoms with Crippen LogP contribution in [0.15, 0.2) is 54.3 Å². The van der Waals surface area contributed by atoms with E-state index in [1.807, 2.05) is 56.3 Å². The lowest BCUT2D eigenvalue weighted by atomic mass is 10.00. The number of amides is 2. The fourth-order valence-corrected chi connectivity index (χ4v) is 2.81. The summed E-state index contributed by atoms with van der Waals surface area (Å²) in [5.74, 6) is -1.52. The number of carbonyl (C=O) groups is 2. The Morgan fingerprint density at radius 1 is 0.917 bits per heavy atom. The Morgan fingerprint density at radius 2 is 1.62 bits per heavy atom. The fourth-order valence-electron chi connectivity index (χ4n) is 2.81. The maximum atomic E-state index is 12.6. The van der Waals surface area contributed by atoms with Crippen molar-refractivity contribution in [1.82, 2.24) is 4.90 Å². The number of aryl methyl sites for hydroxylation is 2. The van der Waals surface area contributed by atoms with Gasteiger partial charge in [-0.1, -0.05) is 48.5 Å². The summed E-state index contributed by atoms with van der Waals surface area (Å²) in [6.45, 7) is 4.16. The van der Waals surface area contributed by atoms with Gasteiger partial charge in [-0.2, -0.15) is 0 Å². The molecule has 0 radical (unpaired) electrons. The average Bonchev–Trinajstić information content (AvgIpc) is 2.79. The predicted octanol–water partition coefficient (Wildman–Crippen LogP) is 3.18. The fraction of sp³-hybridized carbons (Fsp3) is 0.200. The van der Waals surface area contributed by atoms with E-state index in [2.05, 4.69) is 0 Å². The molecule has 122 valence electrons. The second kappa shape index (κ2) is 6.32. The highest BCUT2D eigenvalue weighted by atomic mass is 16.3. The van der Waals surface area contributed by atoms with E-state index < -0.39 is 17.6 Å². The van der Waals surface area contributed by atoms with Crippen molar-refractivity contribution in [1.29, 1.82) is 0 Å². The number of carbonyl (C=O) groups excluding carboxylic acids is 2. The van der Waals surface area contributed by atoms with Crippen molar-refractivity contribution < 1.29 is 14.7 Å². The Hall–Kier alpha value is -2.88. The first kappa shape index (κ1) is 16.0. The van der Waals surface area contributed by atoms with Gasteiger partial charge in [-0.15, -0.1) is 0 Å². The van der Waals surface area contributed by atoms with Crippen LogP contribution in [0.2, 0.25) is 0 Å². The summed E-state index contributed by atoms with van der Waals surface area (Å²) in [5.41, 5.74) is 3.82. The molecule has 1 aliphatic heterocycles. The Bertz CT molecular complexity index is 837. The number of hydrogen-bond acceptors (Lipinski definition) is 3. The number of benzene rings is 2. The van der Waals surface area contributed by atoms with Gasteiger partial charge in [0, 0.05) is 6.54 Å². The Morgan fingerprint density at radius 3 is 2.29 bits per heavy atom. The first-order valence-electron chi connectivity index (χ1n) is 7.90. The Balaban J connectivity index is 1.83. The van der Waals surface area contributed by atoms with Gasteiger partial charge in [0.05, 0.1) is 5.57 Å². The van der Waals surface area contributed by atoms with Crippen LogP contribution in [-0.2, 0) is 16.0 Å². The third kappa shape index (κ3) is 2.83. The first-order valence-corrected chi connectivity index (χ1v) is 7.90. The molecule has 24 heavy (non-hydrogen) atoms. The highest BCUT2D eigenvalue weighted by molar-refractivity contribution is 6.34. The van der Waals surface area contributed by atoms with Gasteiger partial charge < -0.3 is 5.11 Å². The molecule has 0 fully saturated rings. The maximum absolute atomic E-state index is 12.6. The van der Waals surface area contributed by atoms with Gasteiger partial charge >= 0.3 is 0 Å². The third-order valence-electron chi connectivity index (χ3n) is 4.41.